The van der Waals surface area contributed by atoms with Gasteiger partial charge < -0.3 is 10.5 Å². The van der Waals surface area contributed by atoms with Gasteiger partial charge in [-0.05, 0) is 18.2 Å². The van der Waals surface area contributed by atoms with Crippen molar-refractivity contribution in [3.8, 4) is 0 Å². The van der Waals surface area contributed by atoms with Crippen LogP contribution in [0, 0.1) is 12.1 Å². The Morgan fingerprint density at radius 2 is 2.18 bits per heavy atom. The van der Waals surface area contributed by atoms with E-state index in [1.54, 1.807) is 37.4 Å². The highest BCUT2D eigenvalue weighted by molar-refractivity contribution is 6.01. The molecule has 0 saturated heterocycles. The van der Waals surface area contributed by atoms with Gasteiger partial charge in [0.15, 0.2) is 5.69 Å². The molecule has 1 N–H and O–H groups in total. The molecule has 2 heterocycles. The fourth-order valence-electron chi connectivity index (χ4n) is 1.40. The molecule has 1 amide bonds. The Morgan fingerprint density at radius 1 is 1.35 bits per heavy atom. The maximum Gasteiger partial charge on any atom is 0.321 e. The van der Waals surface area contributed by atoms with E-state index in [2.05, 4.69) is 10.3 Å². The number of carbonyl (C=O) groups excluding carboxylic acids is 1. The molecular weight excluding hydrogens is 218 g/mol. The molecular formula is C12H11N3O2. The first kappa shape index (κ1) is 11.1. The Morgan fingerprint density at radius 3 is 2.88 bits per heavy atom. The zero-order valence-corrected chi connectivity index (χ0v) is 9.25. The molecule has 0 spiro atoms. The van der Waals surface area contributed by atoms with Gasteiger partial charge in [-0.2, -0.15) is 4.73 Å². The first-order valence-corrected chi connectivity index (χ1v) is 5.09. The van der Waals surface area contributed by atoms with Crippen LogP contribution in [0.5, 0.6) is 0 Å². The van der Waals surface area contributed by atoms with Crippen molar-refractivity contribution in [3.05, 3.63) is 59.3 Å². The van der Waals surface area contributed by atoms with Crippen LogP contribution < -0.4 is 10.0 Å². The Kier molecular flexibility index (Phi) is 3.00. The Labute approximate surface area is 98.3 Å². The summed E-state index contributed by atoms with van der Waals surface area (Å²) in [4.78, 5) is 15.7. The van der Waals surface area contributed by atoms with Crippen molar-refractivity contribution >= 4 is 11.6 Å². The number of carbonyl (C=O) groups is 1. The molecule has 2 aromatic rings. The van der Waals surface area contributed by atoms with Crippen LogP contribution in [0.2, 0.25) is 0 Å². The number of aromatic nitrogens is 2. The average Bonchev–Trinajstić information content (AvgIpc) is 2.34. The number of nitrogens with one attached hydrogen (secondary N) is 1. The average molecular weight is 229 g/mol. The summed E-state index contributed by atoms with van der Waals surface area (Å²) in [5.41, 5.74) is 1.09. The van der Waals surface area contributed by atoms with Crippen molar-refractivity contribution < 1.29 is 9.52 Å². The van der Waals surface area contributed by atoms with E-state index in [0.29, 0.717) is 16.1 Å². The van der Waals surface area contributed by atoms with Crippen LogP contribution in [0.4, 0.5) is 5.69 Å². The van der Waals surface area contributed by atoms with Crippen LogP contribution in [0.3, 0.4) is 0 Å². The molecule has 2 aromatic heterocycles. The summed E-state index contributed by atoms with van der Waals surface area (Å²) in [6.07, 6.45) is 3.12. The SMILES string of the molecule is Cc1cccc(C(=O)Nc2cccnc2)[n+]1[O-]. The van der Waals surface area contributed by atoms with Gasteiger partial charge in [0, 0.05) is 25.3 Å². The fraction of sp³-hybridized carbons (Fsp3) is 0.0833. The lowest BCUT2D eigenvalue weighted by atomic mass is 10.3. The first-order chi connectivity index (χ1) is 8.18. The molecule has 0 aliphatic carbocycles. The van der Waals surface area contributed by atoms with Crippen molar-refractivity contribution in [1.82, 2.24) is 4.98 Å². The monoisotopic (exact) mass is 229 g/mol. The summed E-state index contributed by atoms with van der Waals surface area (Å²) in [6, 6.07) is 8.20. The predicted octanol–water partition coefficient (Wildman–Crippen LogP) is 1.28. The van der Waals surface area contributed by atoms with Crippen LogP contribution in [0.25, 0.3) is 0 Å². The molecule has 0 radical (unpaired) electrons. The normalized spacial score (nSPS) is 9.94. The van der Waals surface area contributed by atoms with Crippen molar-refractivity contribution in [2.45, 2.75) is 6.92 Å². The van der Waals surface area contributed by atoms with Crippen LogP contribution in [-0.2, 0) is 0 Å². The van der Waals surface area contributed by atoms with Crippen molar-refractivity contribution in [3.63, 3.8) is 0 Å². The largest absolute Gasteiger partial charge is 0.618 e. The molecule has 5 heteroatoms. The third kappa shape index (κ3) is 2.39. The predicted molar refractivity (Wildman–Crippen MR) is 62.3 cm³/mol. The molecule has 17 heavy (non-hydrogen) atoms. The van der Waals surface area contributed by atoms with Gasteiger partial charge in [-0.1, -0.05) is 0 Å². The Bertz CT molecular complexity index is 541. The van der Waals surface area contributed by atoms with Gasteiger partial charge in [0.1, 0.15) is 0 Å². The van der Waals surface area contributed by atoms with E-state index >= 15 is 0 Å². The van der Waals surface area contributed by atoms with Gasteiger partial charge in [0.2, 0.25) is 0 Å². The minimum Gasteiger partial charge on any atom is -0.618 e. The lowest BCUT2D eigenvalue weighted by Gasteiger charge is -2.07. The zero-order valence-electron chi connectivity index (χ0n) is 9.25. The standard InChI is InChI=1S/C12H11N3O2/c1-9-4-2-6-11(15(9)17)12(16)14-10-5-3-7-13-8-10/h2-8H,1H3,(H,14,16). The van der Waals surface area contributed by atoms with Crippen LogP contribution in [0.15, 0.2) is 42.7 Å². The second kappa shape index (κ2) is 4.61. The molecule has 5 nitrogen and oxygen atoms in total. The highest BCUT2D eigenvalue weighted by Gasteiger charge is 2.16. The molecule has 0 fully saturated rings. The van der Waals surface area contributed by atoms with Gasteiger partial charge in [-0.3, -0.25) is 9.78 Å². The van der Waals surface area contributed by atoms with Crippen molar-refractivity contribution in [2.24, 2.45) is 0 Å². The lowest BCUT2D eigenvalue weighted by molar-refractivity contribution is -0.614. The number of amides is 1. The van der Waals surface area contributed by atoms with E-state index < -0.39 is 5.91 Å². The van der Waals surface area contributed by atoms with Gasteiger partial charge >= 0.3 is 5.91 Å². The number of nitrogens with zero attached hydrogens (tertiary/aromatic N) is 2. The molecule has 0 aliphatic heterocycles. The van der Waals surface area contributed by atoms with E-state index in [0.717, 1.165) is 0 Å². The van der Waals surface area contributed by atoms with Crippen LogP contribution in [0.1, 0.15) is 16.2 Å². The maximum absolute atomic E-state index is 11.8. The summed E-state index contributed by atoms with van der Waals surface area (Å²) in [7, 11) is 0. The van der Waals surface area contributed by atoms with E-state index in [9.17, 15) is 10.0 Å². The van der Waals surface area contributed by atoms with Gasteiger partial charge in [-0.15, -0.1) is 0 Å². The molecule has 2 rings (SSSR count). The number of rotatable bonds is 2. The first-order valence-electron chi connectivity index (χ1n) is 5.09. The Hall–Kier alpha value is -2.43. The summed E-state index contributed by atoms with van der Waals surface area (Å²) in [5.74, 6) is -0.447. The fourth-order valence-corrected chi connectivity index (χ4v) is 1.40. The summed E-state index contributed by atoms with van der Waals surface area (Å²) in [6.45, 7) is 1.65. The summed E-state index contributed by atoms with van der Waals surface area (Å²) in [5, 5.41) is 14.2. The molecule has 0 atom stereocenters. The molecule has 0 saturated carbocycles. The van der Waals surface area contributed by atoms with Crippen LogP contribution >= 0.6 is 0 Å². The topological polar surface area (TPSA) is 68.9 Å². The molecule has 0 aliphatic rings. The van der Waals surface area contributed by atoms with E-state index in [1.165, 1.54) is 12.3 Å². The smallest absolute Gasteiger partial charge is 0.321 e. The molecule has 86 valence electrons. The number of anilines is 1. The van der Waals surface area contributed by atoms with Gasteiger partial charge in [-0.25, -0.2) is 0 Å². The second-order valence-electron chi connectivity index (χ2n) is 3.54. The number of aryl methyl sites for hydroxylation is 1. The third-order valence-corrected chi connectivity index (χ3v) is 2.28. The minimum atomic E-state index is -0.447. The van der Waals surface area contributed by atoms with Gasteiger partial charge in [0.05, 0.1) is 11.9 Å². The number of hydrogen-bond donors (Lipinski definition) is 1. The van der Waals surface area contributed by atoms with Crippen molar-refractivity contribution in [1.29, 1.82) is 0 Å². The number of hydrogen-bond acceptors (Lipinski definition) is 3. The van der Waals surface area contributed by atoms with Gasteiger partial charge in [0.25, 0.3) is 5.69 Å². The minimum absolute atomic E-state index is 0.0638. The van der Waals surface area contributed by atoms with E-state index in [1.807, 2.05) is 0 Å². The molecule has 0 aromatic carbocycles. The highest BCUT2D eigenvalue weighted by atomic mass is 16.5. The summed E-state index contributed by atoms with van der Waals surface area (Å²) >= 11 is 0. The highest BCUT2D eigenvalue weighted by Crippen LogP contribution is 2.05. The molecule has 0 unspecified atom stereocenters. The second-order valence-corrected chi connectivity index (χ2v) is 3.54. The lowest BCUT2D eigenvalue weighted by Crippen LogP contribution is -2.39. The van der Waals surface area contributed by atoms with Crippen molar-refractivity contribution in [2.75, 3.05) is 5.32 Å². The van der Waals surface area contributed by atoms with E-state index in [4.69, 9.17) is 0 Å². The zero-order chi connectivity index (χ0) is 12.3. The van der Waals surface area contributed by atoms with E-state index in [-0.39, 0.29) is 5.69 Å². The Balaban J connectivity index is 2.24. The quantitative estimate of drug-likeness (QED) is 0.623. The third-order valence-electron chi connectivity index (χ3n) is 2.28. The number of pyridine rings is 2. The van der Waals surface area contributed by atoms with Crippen LogP contribution in [-0.4, -0.2) is 10.9 Å². The summed E-state index contributed by atoms with van der Waals surface area (Å²) < 4.78 is 0.603. The maximum atomic E-state index is 11.8. The molecule has 0 bridgehead atoms.